The third-order valence-corrected chi connectivity index (χ3v) is 3.68. The van der Waals surface area contributed by atoms with Gasteiger partial charge >= 0.3 is 0 Å². The third-order valence-electron chi connectivity index (χ3n) is 2.15. The number of halogens is 1. The van der Waals surface area contributed by atoms with Gasteiger partial charge in [0, 0.05) is 0 Å². The van der Waals surface area contributed by atoms with Gasteiger partial charge in [0.05, 0.1) is 0 Å². The van der Waals surface area contributed by atoms with Crippen LogP contribution in [0.3, 0.4) is 0 Å². The normalized spacial score (nSPS) is 11.2. The summed E-state index contributed by atoms with van der Waals surface area (Å²) in [4.78, 5) is 0. The molecular weight excluding hydrogens is 291 g/mol. The number of hydrogen-bond acceptors (Lipinski definition) is 1. The van der Waals surface area contributed by atoms with Crippen molar-refractivity contribution in [3.05, 3.63) is 0 Å². The molecule has 1 atom stereocenters. The quantitative estimate of drug-likeness (QED) is 0.281. The minimum Gasteiger partial charge on any atom is -0.354 e. The molecule has 78 valence electrons. The highest BCUT2D eigenvalue weighted by molar-refractivity contribution is 14.2. The van der Waals surface area contributed by atoms with Crippen molar-refractivity contribution in [1.82, 2.24) is 5.23 Å². The first kappa shape index (κ1) is 14.2. The van der Waals surface area contributed by atoms with Gasteiger partial charge in [0.2, 0.25) is 7.13 Å². The molecule has 0 aromatic rings. The molecule has 1 N–H and O–H groups in total. The second-order valence-corrected chi connectivity index (χ2v) is 6.34. The van der Waals surface area contributed by atoms with E-state index in [-0.39, 0.29) is 0 Å². The van der Waals surface area contributed by atoms with Crippen LogP contribution in [0.2, 0.25) is 0 Å². The van der Waals surface area contributed by atoms with Crippen molar-refractivity contribution in [2.45, 2.75) is 51.9 Å². The molecule has 0 aliphatic carbocycles. The van der Waals surface area contributed by atoms with Crippen LogP contribution in [0.1, 0.15) is 51.9 Å². The van der Waals surface area contributed by atoms with Crippen LogP contribution in [0.4, 0.5) is 0 Å². The fraction of sp³-hybridized carbons (Fsp3) is 1.00. The molecule has 0 bridgehead atoms. The molecule has 0 amide bonds. The summed E-state index contributed by atoms with van der Waals surface area (Å²) in [6.07, 6.45) is 10.9. The lowest BCUT2D eigenvalue weighted by Gasteiger charge is -2.01. The molecule has 0 aromatic carbocycles. The minimum absolute atomic E-state index is 1.03. The Morgan fingerprint density at radius 3 is 2.31 bits per heavy atom. The lowest BCUT2D eigenvalue weighted by atomic mass is 10.1. The van der Waals surface area contributed by atoms with Crippen LogP contribution in [-0.4, -0.2) is 13.7 Å². The zero-order chi connectivity index (χ0) is 9.78. The van der Waals surface area contributed by atoms with E-state index in [0.717, 1.165) is 6.10 Å². The van der Waals surface area contributed by atoms with Crippen molar-refractivity contribution in [3.63, 3.8) is 0 Å². The molecule has 0 saturated carbocycles. The van der Waals surface area contributed by atoms with Crippen LogP contribution in [0.15, 0.2) is 0 Å². The highest BCUT2D eigenvalue weighted by Crippen LogP contribution is 2.15. The summed E-state index contributed by atoms with van der Waals surface area (Å²) in [5.74, 6) is 0. The van der Waals surface area contributed by atoms with Crippen molar-refractivity contribution in [3.8, 4) is 0 Å². The van der Waals surface area contributed by atoms with E-state index in [4.69, 9.17) is 0 Å². The summed E-state index contributed by atoms with van der Waals surface area (Å²) >= 11 is 2.44. The number of unbranched alkanes of at least 4 members (excludes halogenated alkanes) is 6. The average Bonchev–Trinajstić information content (AvgIpc) is 2.16. The molecular formula is C9H22BINP. The molecule has 0 aromatic heterocycles. The molecule has 1 nitrogen and oxygen atoms in total. The van der Waals surface area contributed by atoms with Gasteiger partial charge in [-0.05, 0) is 13.0 Å². The van der Waals surface area contributed by atoms with Gasteiger partial charge in [0.1, 0.15) is 0 Å². The number of hydrogen-bond donors (Lipinski definition) is 1. The summed E-state index contributed by atoms with van der Waals surface area (Å²) in [7, 11) is 1.20. The minimum atomic E-state index is 1.03. The largest absolute Gasteiger partial charge is 0.354 e. The van der Waals surface area contributed by atoms with Gasteiger partial charge in [-0.2, -0.15) is 0 Å². The molecule has 4 heteroatoms. The Morgan fingerprint density at radius 2 is 1.69 bits per heavy atom. The lowest BCUT2D eigenvalue weighted by Crippen LogP contribution is -2.15. The Labute approximate surface area is 98.7 Å². The van der Waals surface area contributed by atoms with Crippen LogP contribution in [0, 0.1) is 0 Å². The first-order valence-corrected chi connectivity index (χ1v) is 9.78. The van der Waals surface area contributed by atoms with Crippen molar-refractivity contribution >= 4 is 35.3 Å². The van der Waals surface area contributed by atoms with Gasteiger partial charge in [0.15, 0.2) is 0 Å². The van der Waals surface area contributed by atoms with Crippen LogP contribution < -0.4 is 5.23 Å². The highest BCUT2D eigenvalue weighted by atomic mass is 127. The number of nitrogens with one attached hydrogen (secondary N) is 1. The Kier molecular flexibility index (Phi) is 14.4. The predicted molar refractivity (Wildman–Crippen MR) is 75.5 cm³/mol. The molecule has 1 unspecified atom stereocenters. The first-order valence-electron chi connectivity index (χ1n) is 5.46. The molecule has 0 saturated heterocycles. The zero-order valence-corrected chi connectivity index (χ0v) is 11.9. The summed E-state index contributed by atoms with van der Waals surface area (Å²) in [5.41, 5.74) is 0. The van der Waals surface area contributed by atoms with Crippen LogP contribution in [0.5, 0.6) is 0 Å². The standard InChI is InChI=1S/C9H22BINP/c1-2-3-4-5-6-7-8-9-12-10-13-11/h10,12-13H,2-9H2,1H3. The van der Waals surface area contributed by atoms with Crippen molar-refractivity contribution in [2.75, 3.05) is 6.54 Å². The fourth-order valence-corrected chi connectivity index (χ4v) is 2.42. The first-order chi connectivity index (χ1) is 6.41. The van der Waals surface area contributed by atoms with Crippen LogP contribution in [-0.2, 0) is 0 Å². The maximum atomic E-state index is 3.44. The smallest absolute Gasteiger partial charge is 0.239 e. The molecule has 0 aliphatic rings. The monoisotopic (exact) mass is 313 g/mol. The topological polar surface area (TPSA) is 12.0 Å². The van der Waals surface area contributed by atoms with Gasteiger partial charge in [0.25, 0.3) is 0 Å². The SMILES string of the molecule is CCCCCCCCCNBPI. The molecule has 0 radical (unpaired) electrons. The molecule has 0 rings (SSSR count). The van der Waals surface area contributed by atoms with Gasteiger partial charge < -0.3 is 5.23 Å². The van der Waals surface area contributed by atoms with E-state index in [1.165, 1.54) is 58.6 Å². The van der Waals surface area contributed by atoms with Crippen molar-refractivity contribution in [2.24, 2.45) is 0 Å². The third kappa shape index (κ3) is 13.2. The van der Waals surface area contributed by atoms with Crippen LogP contribution in [0.25, 0.3) is 0 Å². The highest BCUT2D eigenvalue weighted by Gasteiger charge is 1.91. The summed E-state index contributed by atoms with van der Waals surface area (Å²) in [6, 6.07) is 0. The number of rotatable bonds is 10. The molecule has 13 heavy (non-hydrogen) atoms. The predicted octanol–water partition coefficient (Wildman–Crippen LogP) is 3.62. The fourth-order valence-electron chi connectivity index (χ4n) is 1.34. The molecule has 0 fully saturated rings. The summed E-state index contributed by atoms with van der Waals surface area (Å²) in [6.45, 7) is 3.50. The van der Waals surface area contributed by atoms with E-state index in [0.29, 0.717) is 0 Å². The van der Waals surface area contributed by atoms with Gasteiger partial charge in [-0.25, -0.2) is 0 Å². The van der Waals surface area contributed by atoms with Crippen molar-refractivity contribution in [1.29, 1.82) is 0 Å². The Bertz CT molecular complexity index is 85.7. The van der Waals surface area contributed by atoms with Gasteiger partial charge in [-0.3, -0.25) is 0 Å². The Balaban J connectivity index is 2.76. The molecule has 0 aliphatic heterocycles. The van der Waals surface area contributed by atoms with Gasteiger partial charge in [-0.1, -0.05) is 73.6 Å². The molecule has 0 spiro atoms. The van der Waals surface area contributed by atoms with Gasteiger partial charge in [-0.15, -0.1) is 0 Å². The maximum Gasteiger partial charge on any atom is 0.239 e. The second kappa shape index (κ2) is 13.2. The van der Waals surface area contributed by atoms with E-state index < -0.39 is 0 Å². The van der Waals surface area contributed by atoms with E-state index in [1.54, 1.807) is 0 Å². The Hall–Kier alpha value is 1.18. The average molecular weight is 313 g/mol. The van der Waals surface area contributed by atoms with Crippen molar-refractivity contribution < 1.29 is 0 Å². The second-order valence-electron chi connectivity index (χ2n) is 3.43. The van der Waals surface area contributed by atoms with E-state index in [1.807, 2.05) is 0 Å². The van der Waals surface area contributed by atoms with E-state index >= 15 is 0 Å². The summed E-state index contributed by atoms with van der Waals surface area (Å²) < 4.78 is 0. The Morgan fingerprint density at radius 1 is 1.08 bits per heavy atom. The summed E-state index contributed by atoms with van der Waals surface area (Å²) in [5, 5.41) is 3.44. The lowest BCUT2D eigenvalue weighted by molar-refractivity contribution is 0.587. The zero-order valence-electron chi connectivity index (χ0n) is 8.74. The van der Waals surface area contributed by atoms with Crippen LogP contribution >= 0.6 is 28.1 Å². The van der Waals surface area contributed by atoms with E-state index in [9.17, 15) is 0 Å². The van der Waals surface area contributed by atoms with E-state index in [2.05, 4.69) is 34.2 Å². The molecule has 0 heterocycles. The maximum absolute atomic E-state index is 3.44.